The van der Waals surface area contributed by atoms with E-state index in [2.05, 4.69) is 10.6 Å². The molecule has 1 aliphatic rings. The predicted octanol–water partition coefficient (Wildman–Crippen LogP) is 0.441. The van der Waals surface area contributed by atoms with Gasteiger partial charge < -0.3 is 15.4 Å². The molecule has 23 heavy (non-hydrogen) atoms. The number of nitrogens with zero attached hydrogens (tertiary/aromatic N) is 1. The zero-order valence-electron chi connectivity index (χ0n) is 14.2. The zero-order chi connectivity index (χ0) is 17.7. The molecular formula is C14H27N3O5S. The number of hydrogen-bond donors (Lipinski definition) is 2. The molecule has 2 N–H and O–H groups in total. The molecular weight excluding hydrogens is 322 g/mol. The molecule has 1 heterocycles. The highest BCUT2D eigenvalue weighted by molar-refractivity contribution is 7.89. The predicted molar refractivity (Wildman–Crippen MR) is 86.4 cm³/mol. The molecule has 0 aromatic heterocycles. The van der Waals surface area contributed by atoms with E-state index in [4.69, 9.17) is 4.74 Å². The van der Waals surface area contributed by atoms with Gasteiger partial charge in [-0.3, -0.25) is 4.79 Å². The van der Waals surface area contributed by atoms with E-state index in [1.54, 1.807) is 27.7 Å². The molecule has 0 unspecified atom stereocenters. The third-order valence-electron chi connectivity index (χ3n) is 3.37. The van der Waals surface area contributed by atoms with Crippen LogP contribution in [-0.2, 0) is 19.6 Å². The number of carbonyl (C=O) groups is 2. The summed E-state index contributed by atoms with van der Waals surface area (Å²) in [5.41, 5.74) is -0.613. The van der Waals surface area contributed by atoms with Gasteiger partial charge in [0, 0.05) is 19.1 Å². The maximum absolute atomic E-state index is 11.8. The lowest BCUT2D eigenvalue weighted by atomic mass is 10.1. The Bertz CT molecular complexity index is 519. The van der Waals surface area contributed by atoms with Gasteiger partial charge in [0.05, 0.1) is 5.75 Å². The summed E-state index contributed by atoms with van der Waals surface area (Å²) in [6.45, 7) is 7.48. The molecule has 9 heteroatoms. The lowest BCUT2D eigenvalue weighted by molar-refractivity contribution is -0.121. The highest BCUT2D eigenvalue weighted by atomic mass is 32.2. The Hall–Kier alpha value is -1.35. The number of rotatable bonds is 5. The van der Waals surface area contributed by atoms with Gasteiger partial charge in [-0.2, -0.15) is 0 Å². The first kappa shape index (κ1) is 19.7. The quantitative estimate of drug-likeness (QED) is 0.749. The van der Waals surface area contributed by atoms with Gasteiger partial charge in [0.15, 0.2) is 0 Å². The Morgan fingerprint density at radius 2 is 1.78 bits per heavy atom. The summed E-state index contributed by atoms with van der Waals surface area (Å²) in [5, 5.41) is 5.19. The molecule has 0 bridgehead atoms. The number of nitrogens with one attached hydrogen (secondary N) is 2. The minimum atomic E-state index is -3.16. The fraction of sp³-hybridized carbons (Fsp3) is 0.857. The Labute approximate surface area is 138 Å². The SMILES string of the molecule is CCS(=O)(=O)N1CCC(NC(=O)CNC(=O)OC(C)(C)C)CC1. The van der Waals surface area contributed by atoms with Crippen LogP contribution in [-0.4, -0.2) is 61.8 Å². The standard InChI is InChI=1S/C14H27N3O5S/c1-5-23(20,21)17-8-6-11(7-9-17)16-12(18)10-15-13(19)22-14(2,3)4/h11H,5-10H2,1-4H3,(H,15,19)(H,16,18). The molecule has 0 saturated carbocycles. The number of piperidine rings is 1. The van der Waals surface area contributed by atoms with E-state index in [0.29, 0.717) is 25.9 Å². The summed E-state index contributed by atoms with van der Waals surface area (Å²) in [6.07, 6.45) is 0.492. The van der Waals surface area contributed by atoms with Gasteiger partial charge in [-0.05, 0) is 40.5 Å². The molecule has 0 aliphatic carbocycles. The highest BCUT2D eigenvalue weighted by Crippen LogP contribution is 2.14. The normalized spacial score (nSPS) is 17.6. The maximum Gasteiger partial charge on any atom is 0.408 e. The average Bonchev–Trinajstić information content (AvgIpc) is 2.44. The van der Waals surface area contributed by atoms with Crippen LogP contribution >= 0.6 is 0 Å². The van der Waals surface area contributed by atoms with E-state index >= 15 is 0 Å². The van der Waals surface area contributed by atoms with Gasteiger partial charge >= 0.3 is 6.09 Å². The molecule has 134 valence electrons. The summed E-state index contributed by atoms with van der Waals surface area (Å²) in [5.74, 6) is -0.225. The molecule has 1 fully saturated rings. The van der Waals surface area contributed by atoms with Crippen LogP contribution in [0.15, 0.2) is 0 Å². The smallest absolute Gasteiger partial charge is 0.408 e. The first-order valence-corrected chi connectivity index (χ1v) is 9.38. The largest absolute Gasteiger partial charge is 0.444 e. The Balaban J connectivity index is 2.31. The molecule has 0 spiro atoms. The topological polar surface area (TPSA) is 105 Å². The van der Waals surface area contributed by atoms with Crippen LogP contribution in [0.4, 0.5) is 4.79 Å². The molecule has 1 aliphatic heterocycles. The first-order valence-electron chi connectivity index (χ1n) is 7.77. The molecule has 0 aromatic rings. The van der Waals surface area contributed by atoms with Crippen molar-refractivity contribution in [1.82, 2.24) is 14.9 Å². The van der Waals surface area contributed by atoms with Gasteiger partial charge in [-0.25, -0.2) is 17.5 Å². The highest BCUT2D eigenvalue weighted by Gasteiger charge is 2.27. The summed E-state index contributed by atoms with van der Waals surface area (Å²) in [7, 11) is -3.16. The molecule has 1 saturated heterocycles. The second-order valence-corrected chi connectivity index (χ2v) is 8.75. The van der Waals surface area contributed by atoms with E-state index in [9.17, 15) is 18.0 Å². The minimum Gasteiger partial charge on any atom is -0.444 e. The van der Waals surface area contributed by atoms with Gasteiger partial charge in [-0.1, -0.05) is 0 Å². The van der Waals surface area contributed by atoms with Crippen molar-refractivity contribution in [3.05, 3.63) is 0 Å². The van der Waals surface area contributed by atoms with Crippen LogP contribution < -0.4 is 10.6 Å². The number of ether oxygens (including phenoxy) is 1. The van der Waals surface area contributed by atoms with Crippen molar-refractivity contribution in [2.75, 3.05) is 25.4 Å². The summed E-state index contributed by atoms with van der Waals surface area (Å²) in [4.78, 5) is 23.3. The van der Waals surface area contributed by atoms with Crippen molar-refractivity contribution in [3.8, 4) is 0 Å². The van der Waals surface area contributed by atoms with Crippen LogP contribution in [0.3, 0.4) is 0 Å². The van der Waals surface area contributed by atoms with Crippen LogP contribution in [0.5, 0.6) is 0 Å². The summed E-state index contributed by atoms with van der Waals surface area (Å²) in [6, 6.07) is -0.0776. The zero-order valence-corrected chi connectivity index (χ0v) is 15.0. The molecule has 0 aromatic carbocycles. The molecule has 8 nitrogen and oxygen atoms in total. The van der Waals surface area contributed by atoms with Crippen molar-refractivity contribution in [1.29, 1.82) is 0 Å². The van der Waals surface area contributed by atoms with Crippen LogP contribution in [0, 0.1) is 0 Å². The number of sulfonamides is 1. The number of amides is 2. The van der Waals surface area contributed by atoms with Gasteiger partial charge in [0.2, 0.25) is 15.9 Å². The Kier molecular flexibility index (Phi) is 6.82. The Morgan fingerprint density at radius 3 is 2.26 bits per heavy atom. The number of hydrogen-bond acceptors (Lipinski definition) is 5. The van der Waals surface area contributed by atoms with E-state index in [-0.39, 0.29) is 24.2 Å². The van der Waals surface area contributed by atoms with E-state index in [1.165, 1.54) is 4.31 Å². The van der Waals surface area contributed by atoms with E-state index < -0.39 is 21.7 Å². The molecule has 0 radical (unpaired) electrons. The van der Waals surface area contributed by atoms with Crippen LogP contribution in [0.25, 0.3) is 0 Å². The second kappa shape index (κ2) is 7.96. The van der Waals surface area contributed by atoms with Crippen molar-refractivity contribution < 1.29 is 22.7 Å². The third-order valence-corrected chi connectivity index (χ3v) is 5.25. The van der Waals surface area contributed by atoms with E-state index in [0.717, 1.165) is 0 Å². The summed E-state index contributed by atoms with van der Waals surface area (Å²) >= 11 is 0. The number of alkyl carbamates (subject to hydrolysis) is 1. The number of carbonyl (C=O) groups excluding carboxylic acids is 2. The summed E-state index contributed by atoms with van der Waals surface area (Å²) < 4.78 is 30.0. The Morgan fingerprint density at radius 1 is 1.22 bits per heavy atom. The fourth-order valence-corrected chi connectivity index (χ4v) is 3.34. The minimum absolute atomic E-state index is 0.0776. The average molecular weight is 349 g/mol. The van der Waals surface area contributed by atoms with Crippen LogP contribution in [0.1, 0.15) is 40.5 Å². The van der Waals surface area contributed by atoms with Crippen molar-refractivity contribution in [2.24, 2.45) is 0 Å². The third kappa shape index (κ3) is 7.17. The van der Waals surface area contributed by atoms with Crippen molar-refractivity contribution in [2.45, 2.75) is 52.2 Å². The van der Waals surface area contributed by atoms with E-state index in [1.807, 2.05) is 0 Å². The van der Waals surface area contributed by atoms with Crippen LogP contribution in [0.2, 0.25) is 0 Å². The molecule has 0 atom stereocenters. The van der Waals surface area contributed by atoms with Gasteiger partial charge in [-0.15, -0.1) is 0 Å². The van der Waals surface area contributed by atoms with Gasteiger partial charge in [0.25, 0.3) is 0 Å². The second-order valence-electron chi connectivity index (χ2n) is 6.50. The monoisotopic (exact) mass is 349 g/mol. The van der Waals surface area contributed by atoms with Crippen molar-refractivity contribution in [3.63, 3.8) is 0 Å². The fourth-order valence-electron chi connectivity index (χ4n) is 2.21. The van der Waals surface area contributed by atoms with Gasteiger partial charge in [0.1, 0.15) is 12.1 Å². The van der Waals surface area contributed by atoms with Crippen molar-refractivity contribution >= 4 is 22.0 Å². The maximum atomic E-state index is 11.8. The molecule has 1 rings (SSSR count). The lowest BCUT2D eigenvalue weighted by Crippen LogP contribution is -2.49. The first-order chi connectivity index (χ1) is 10.5. The lowest BCUT2D eigenvalue weighted by Gasteiger charge is -2.31. The molecule has 2 amide bonds.